The molecule has 1 aliphatic carbocycles. The highest BCUT2D eigenvalue weighted by atomic mass is 19.4. The highest BCUT2D eigenvalue weighted by molar-refractivity contribution is 5.85. The van der Waals surface area contributed by atoms with Crippen molar-refractivity contribution in [3.63, 3.8) is 0 Å². The van der Waals surface area contributed by atoms with Crippen LogP contribution in [-0.4, -0.2) is 40.6 Å². The highest BCUT2D eigenvalue weighted by Gasteiger charge is 2.45. The molecule has 1 rings (SSSR count). The molecule has 0 spiro atoms. The number of amides is 1. The van der Waals surface area contributed by atoms with Gasteiger partial charge in [-0.25, -0.2) is 0 Å². The Hall–Kier alpha value is -1.27. The molecule has 0 bridgehead atoms. The van der Waals surface area contributed by atoms with Crippen molar-refractivity contribution < 1.29 is 27.9 Å². The molecule has 110 valence electrons. The molecule has 19 heavy (non-hydrogen) atoms. The Balaban J connectivity index is 2.83. The number of rotatable bonds is 4. The maximum absolute atomic E-state index is 12.5. The molecule has 1 amide bonds. The standard InChI is InChI=1S/C12H18F3NO3/c1-8(9-5-3-2-4-6-9)16(7-10(17)18)11(19)12(13,14)15/h8-9H,2-7H2,1H3,(H,17,18). The molecule has 7 heteroatoms. The normalized spacial score (nSPS) is 18.9. The molecule has 1 saturated carbocycles. The highest BCUT2D eigenvalue weighted by Crippen LogP contribution is 2.30. The Morgan fingerprint density at radius 1 is 1.26 bits per heavy atom. The van der Waals surface area contributed by atoms with Gasteiger partial charge in [0, 0.05) is 6.04 Å². The second-order valence-electron chi connectivity index (χ2n) is 4.96. The number of carbonyl (C=O) groups is 2. The summed E-state index contributed by atoms with van der Waals surface area (Å²) in [5.74, 6) is -3.55. The summed E-state index contributed by atoms with van der Waals surface area (Å²) in [6.07, 6.45) is -0.690. The number of alkyl halides is 3. The number of carboxylic acid groups (broad SMARTS) is 1. The minimum absolute atomic E-state index is 0.0561. The first-order chi connectivity index (χ1) is 8.73. The van der Waals surface area contributed by atoms with Crippen molar-refractivity contribution in [3.8, 4) is 0 Å². The first-order valence-electron chi connectivity index (χ1n) is 6.33. The van der Waals surface area contributed by atoms with E-state index in [1.807, 2.05) is 0 Å². The van der Waals surface area contributed by atoms with E-state index in [1.54, 1.807) is 0 Å². The van der Waals surface area contributed by atoms with E-state index in [9.17, 15) is 22.8 Å². The van der Waals surface area contributed by atoms with Crippen LogP contribution in [0.25, 0.3) is 0 Å². The third-order valence-electron chi connectivity index (χ3n) is 3.63. The summed E-state index contributed by atoms with van der Waals surface area (Å²) in [7, 11) is 0. The van der Waals surface area contributed by atoms with Gasteiger partial charge in [-0.15, -0.1) is 0 Å². The summed E-state index contributed by atoms with van der Waals surface area (Å²) >= 11 is 0. The van der Waals surface area contributed by atoms with Crippen LogP contribution < -0.4 is 0 Å². The van der Waals surface area contributed by atoms with E-state index in [2.05, 4.69) is 0 Å². The van der Waals surface area contributed by atoms with Gasteiger partial charge in [-0.2, -0.15) is 13.2 Å². The second-order valence-corrected chi connectivity index (χ2v) is 4.96. The lowest BCUT2D eigenvalue weighted by Gasteiger charge is -2.36. The van der Waals surface area contributed by atoms with Crippen molar-refractivity contribution in [2.75, 3.05) is 6.54 Å². The molecule has 0 aromatic rings. The molecule has 1 atom stereocenters. The zero-order valence-electron chi connectivity index (χ0n) is 10.7. The molecule has 1 N–H and O–H groups in total. The van der Waals surface area contributed by atoms with Gasteiger partial charge < -0.3 is 10.0 Å². The number of carbonyl (C=O) groups excluding carboxylic acids is 1. The predicted octanol–water partition coefficient (Wildman–Crippen LogP) is 2.43. The number of carboxylic acids is 1. The molecular formula is C12H18F3NO3. The fourth-order valence-corrected chi connectivity index (χ4v) is 2.58. The zero-order chi connectivity index (χ0) is 14.6. The van der Waals surface area contributed by atoms with Crippen molar-refractivity contribution in [1.82, 2.24) is 4.90 Å². The molecule has 0 saturated heterocycles. The van der Waals surface area contributed by atoms with Crippen LogP contribution in [0, 0.1) is 5.92 Å². The molecule has 0 aliphatic heterocycles. The van der Waals surface area contributed by atoms with Gasteiger partial charge in [0.1, 0.15) is 6.54 Å². The third kappa shape index (κ3) is 4.40. The fraction of sp³-hybridized carbons (Fsp3) is 0.833. The molecule has 1 aliphatic rings. The van der Waals surface area contributed by atoms with Crippen LogP contribution >= 0.6 is 0 Å². The van der Waals surface area contributed by atoms with E-state index >= 15 is 0 Å². The van der Waals surface area contributed by atoms with Crippen LogP contribution in [0.4, 0.5) is 13.2 Å². The lowest BCUT2D eigenvalue weighted by molar-refractivity contribution is -0.190. The molecule has 0 aromatic carbocycles. The van der Waals surface area contributed by atoms with Crippen molar-refractivity contribution in [2.24, 2.45) is 5.92 Å². The van der Waals surface area contributed by atoms with Gasteiger partial charge in [-0.3, -0.25) is 9.59 Å². The van der Waals surface area contributed by atoms with Crippen LogP contribution in [0.3, 0.4) is 0 Å². The Morgan fingerprint density at radius 2 is 1.79 bits per heavy atom. The smallest absolute Gasteiger partial charge is 0.471 e. The topological polar surface area (TPSA) is 57.6 Å². The van der Waals surface area contributed by atoms with E-state index in [0.717, 1.165) is 32.1 Å². The van der Waals surface area contributed by atoms with E-state index in [4.69, 9.17) is 5.11 Å². The van der Waals surface area contributed by atoms with Crippen LogP contribution in [0.2, 0.25) is 0 Å². The zero-order valence-corrected chi connectivity index (χ0v) is 10.7. The largest absolute Gasteiger partial charge is 0.480 e. The van der Waals surface area contributed by atoms with Gasteiger partial charge in [0.15, 0.2) is 0 Å². The minimum atomic E-state index is -5.03. The Labute approximate surface area is 109 Å². The molecule has 1 fully saturated rings. The molecule has 0 aromatic heterocycles. The lowest BCUT2D eigenvalue weighted by atomic mass is 9.84. The van der Waals surface area contributed by atoms with Gasteiger partial charge in [-0.05, 0) is 25.7 Å². The number of nitrogens with zero attached hydrogens (tertiary/aromatic N) is 1. The van der Waals surface area contributed by atoms with Crippen LogP contribution in [0.15, 0.2) is 0 Å². The summed E-state index contributed by atoms with van der Waals surface area (Å²) < 4.78 is 37.5. The van der Waals surface area contributed by atoms with Crippen LogP contribution in [0.5, 0.6) is 0 Å². The average molecular weight is 281 g/mol. The Bertz CT molecular complexity index is 338. The van der Waals surface area contributed by atoms with E-state index in [-0.39, 0.29) is 5.92 Å². The molecule has 0 radical (unpaired) electrons. The maximum Gasteiger partial charge on any atom is 0.471 e. The monoisotopic (exact) mass is 281 g/mol. The van der Waals surface area contributed by atoms with Crippen LogP contribution in [0.1, 0.15) is 39.0 Å². The van der Waals surface area contributed by atoms with E-state index < -0.39 is 30.6 Å². The van der Waals surface area contributed by atoms with Crippen LogP contribution in [-0.2, 0) is 9.59 Å². The number of hydrogen-bond acceptors (Lipinski definition) is 2. The summed E-state index contributed by atoms with van der Waals surface area (Å²) in [6, 6.07) is -0.703. The van der Waals surface area contributed by atoms with E-state index in [0.29, 0.717) is 4.90 Å². The Kier molecular flexibility index (Phi) is 5.20. The lowest BCUT2D eigenvalue weighted by Crippen LogP contribution is -2.51. The van der Waals surface area contributed by atoms with E-state index in [1.165, 1.54) is 6.92 Å². The number of halogens is 3. The first-order valence-corrected chi connectivity index (χ1v) is 6.33. The molecule has 0 heterocycles. The second kappa shape index (κ2) is 6.25. The summed E-state index contributed by atoms with van der Waals surface area (Å²) in [6.45, 7) is 0.596. The van der Waals surface area contributed by atoms with Gasteiger partial charge in [0.05, 0.1) is 0 Å². The van der Waals surface area contributed by atoms with Gasteiger partial charge in [0.25, 0.3) is 0 Å². The maximum atomic E-state index is 12.5. The van der Waals surface area contributed by atoms with Crippen molar-refractivity contribution >= 4 is 11.9 Å². The summed E-state index contributed by atoms with van der Waals surface area (Å²) in [5, 5.41) is 8.68. The average Bonchev–Trinajstić information content (AvgIpc) is 2.34. The van der Waals surface area contributed by atoms with Crippen molar-refractivity contribution in [3.05, 3.63) is 0 Å². The predicted molar refractivity (Wildman–Crippen MR) is 61.4 cm³/mol. The Morgan fingerprint density at radius 3 is 2.21 bits per heavy atom. The van der Waals surface area contributed by atoms with Crippen molar-refractivity contribution in [1.29, 1.82) is 0 Å². The fourth-order valence-electron chi connectivity index (χ4n) is 2.58. The van der Waals surface area contributed by atoms with Gasteiger partial charge in [0.2, 0.25) is 0 Å². The third-order valence-corrected chi connectivity index (χ3v) is 3.63. The molecular weight excluding hydrogens is 263 g/mol. The summed E-state index contributed by atoms with van der Waals surface area (Å²) in [5.41, 5.74) is 0. The number of hydrogen-bond donors (Lipinski definition) is 1. The van der Waals surface area contributed by atoms with Gasteiger partial charge in [-0.1, -0.05) is 19.3 Å². The summed E-state index contributed by atoms with van der Waals surface area (Å²) in [4.78, 5) is 22.4. The minimum Gasteiger partial charge on any atom is -0.480 e. The molecule has 4 nitrogen and oxygen atoms in total. The molecule has 1 unspecified atom stereocenters. The quantitative estimate of drug-likeness (QED) is 0.861. The number of aliphatic carboxylic acids is 1. The van der Waals surface area contributed by atoms with Crippen molar-refractivity contribution in [2.45, 2.75) is 51.2 Å². The first kappa shape index (κ1) is 15.8. The van der Waals surface area contributed by atoms with Gasteiger partial charge >= 0.3 is 18.1 Å². The SMILES string of the molecule is CC(C1CCCCC1)N(CC(=O)O)C(=O)C(F)(F)F.